The molecule has 2 aromatic rings. The molecule has 16 heavy (non-hydrogen) atoms. The molecule has 1 N–H and O–H groups in total. The lowest BCUT2D eigenvalue weighted by Gasteiger charge is -2.03. The van der Waals surface area contributed by atoms with Crippen molar-refractivity contribution in [1.82, 2.24) is 15.0 Å². The van der Waals surface area contributed by atoms with E-state index in [-0.39, 0.29) is 5.82 Å². The molecule has 1 aromatic heterocycles. The third-order valence-electron chi connectivity index (χ3n) is 2.12. The molecule has 0 aliphatic carbocycles. The van der Waals surface area contributed by atoms with Crippen LogP contribution in [0.15, 0.2) is 28.9 Å². The Morgan fingerprint density at radius 2 is 2.25 bits per heavy atom. The fraction of sp³-hybridized carbons (Fsp3) is 0.200. The molecule has 0 aliphatic rings. The Balaban J connectivity index is 2.47. The first kappa shape index (κ1) is 11.2. The predicted molar refractivity (Wildman–Crippen MR) is 59.7 cm³/mol. The quantitative estimate of drug-likeness (QED) is 0.921. The molecule has 0 aliphatic heterocycles. The Bertz CT molecular complexity index is 513. The lowest BCUT2D eigenvalue weighted by Crippen LogP contribution is -1.97. The Morgan fingerprint density at radius 1 is 1.50 bits per heavy atom. The van der Waals surface area contributed by atoms with Crippen LogP contribution in [0.5, 0.6) is 0 Å². The Kier molecular flexibility index (Phi) is 3.02. The summed E-state index contributed by atoms with van der Waals surface area (Å²) in [5, 5.41) is 16.9. The van der Waals surface area contributed by atoms with Crippen molar-refractivity contribution in [3.63, 3.8) is 0 Å². The van der Waals surface area contributed by atoms with E-state index < -0.39 is 6.10 Å². The minimum Gasteiger partial charge on any atom is -0.387 e. The summed E-state index contributed by atoms with van der Waals surface area (Å²) in [5.41, 5.74) is 0.982. The number of aliphatic hydroxyl groups excluding tert-OH is 1. The van der Waals surface area contributed by atoms with Gasteiger partial charge in [0.2, 0.25) is 0 Å². The second-order valence-corrected chi connectivity index (χ2v) is 4.13. The maximum atomic E-state index is 13.3. The molecule has 1 heterocycles. The minimum atomic E-state index is -0.693. The number of hydrogen-bond acceptors (Lipinski definition) is 3. The number of aliphatic hydroxyl groups is 1. The molecule has 0 unspecified atom stereocenters. The van der Waals surface area contributed by atoms with Gasteiger partial charge in [0.1, 0.15) is 11.5 Å². The van der Waals surface area contributed by atoms with Gasteiger partial charge in [0, 0.05) is 0 Å². The maximum absolute atomic E-state index is 13.3. The molecule has 1 atom stereocenters. The van der Waals surface area contributed by atoms with Crippen LogP contribution in [0.25, 0.3) is 5.69 Å². The van der Waals surface area contributed by atoms with E-state index in [4.69, 9.17) is 0 Å². The van der Waals surface area contributed by atoms with E-state index in [0.717, 1.165) is 0 Å². The largest absolute Gasteiger partial charge is 0.387 e. The number of benzene rings is 1. The van der Waals surface area contributed by atoms with Gasteiger partial charge in [0.25, 0.3) is 0 Å². The molecule has 4 nitrogen and oxygen atoms in total. The SMILES string of the molecule is C[C@@H](O)c1cn(-c2cccc(F)c2Br)nn1. The van der Waals surface area contributed by atoms with Crippen LogP contribution in [-0.4, -0.2) is 20.1 Å². The molecular weight excluding hydrogens is 277 g/mol. The zero-order valence-electron chi connectivity index (χ0n) is 8.43. The first-order valence-electron chi connectivity index (χ1n) is 4.64. The van der Waals surface area contributed by atoms with Crippen molar-refractivity contribution in [2.45, 2.75) is 13.0 Å². The van der Waals surface area contributed by atoms with Crippen LogP contribution >= 0.6 is 15.9 Å². The van der Waals surface area contributed by atoms with Crippen LogP contribution in [-0.2, 0) is 0 Å². The lowest BCUT2D eigenvalue weighted by atomic mass is 10.3. The van der Waals surface area contributed by atoms with Crippen molar-refractivity contribution < 1.29 is 9.50 Å². The van der Waals surface area contributed by atoms with E-state index in [1.165, 1.54) is 10.7 Å². The maximum Gasteiger partial charge on any atom is 0.139 e. The predicted octanol–water partition coefficient (Wildman–Crippen LogP) is 2.22. The molecular formula is C10H9BrFN3O. The Hall–Kier alpha value is -1.27. The summed E-state index contributed by atoms with van der Waals surface area (Å²) in [6, 6.07) is 4.63. The van der Waals surface area contributed by atoms with Crippen LogP contribution in [0.3, 0.4) is 0 Å². The van der Waals surface area contributed by atoms with Crippen molar-refractivity contribution >= 4 is 15.9 Å². The Morgan fingerprint density at radius 3 is 2.88 bits per heavy atom. The molecule has 0 fully saturated rings. The van der Waals surface area contributed by atoms with Crippen LogP contribution in [0.2, 0.25) is 0 Å². The number of rotatable bonds is 2. The fourth-order valence-electron chi connectivity index (χ4n) is 1.26. The third kappa shape index (κ3) is 1.98. The molecule has 0 bridgehead atoms. The van der Waals surface area contributed by atoms with Crippen molar-refractivity contribution in [3.8, 4) is 5.69 Å². The standard InChI is InChI=1S/C10H9BrFN3O/c1-6(16)8-5-15(14-13-8)9-4-2-3-7(12)10(9)11/h2-6,16H,1H3/t6-/m1/s1. The van der Waals surface area contributed by atoms with Crippen LogP contribution < -0.4 is 0 Å². The van der Waals surface area contributed by atoms with E-state index >= 15 is 0 Å². The summed E-state index contributed by atoms with van der Waals surface area (Å²) in [6.45, 7) is 1.59. The van der Waals surface area contributed by atoms with Gasteiger partial charge in [-0.2, -0.15) is 0 Å². The van der Waals surface area contributed by atoms with Crippen LogP contribution in [0.4, 0.5) is 4.39 Å². The molecule has 0 radical (unpaired) electrons. The van der Waals surface area contributed by atoms with Gasteiger partial charge in [-0.05, 0) is 35.0 Å². The van der Waals surface area contributed by atoms with E-state index in [1.807, 2.05) is 0 Å². The van der Waals surface area contributed by atoms with Gasteiger partial charge in [0.15, 0.2) is 0 Å². The van der Waals surface area contributed by atoms with Gasteiger partial charge in [0.05, 0.1) is 22.5 Å². The van der Waals surface area contributed by atoms with E-state index in [9.17, 15) is 9.50 Å². The van der Waals surface area contributed by atoms with Crippen molar-refractivity contribution in [2.24, 2.45) is 0 Å². The van der Waals surface area contributed by atoms with Gasteiger partial charge in [-0.15, -0.1) is 5.10 Å². The van der Waals surface area contributed by atoms with Crippen molar-refractivity contribution in [2.75, 3.05) is 0 Å². The first-order valence-corrected chi connectivity index (χ1v) is 5.43. The van der Waals surface area contributed by atoms with Crippen LogP contribution in [0, 0.1) is 5.82 Å². The molecule has 0 spiro atoms. The topological polar surface area (TPSA) is 50.9 Å². The summed E-state index contributed by atoms with van der Waals surface area (Å²) in [7, 11) is 0. The zero-order valence-corrected chi connectivity index (χ0v) is 10.0. The Labute approximate surface area is 99.8 Å². The second kappa shape index (κ2) is 4.31. The summed E-state index contributed by atoms with van der Waals surface area (Å²) >= 11 is 3.14. The lowest BCUT2D eigenvalue weighted by molar-refractivity contribution is 0.194. The van der Waals surface area contributed by atoms with Gasteiger partial charge in [-0.1, -0.05) is 11.3 Å². The summed E-state index contributed by atoms with van der Waals surface area (Å²) in [4.78, 5) is 0. The number of hydrogen-bond donors (Lipinski definition) is 1. The van der Waals surface area contributed by atoms with Crippen molar-refractivity contribution in [1.29, 1.82) is 0 Å². The third-order valence-corrected chi connectivity index (χ3v) is 2.90. The van der Waals surface area contributed by atoms with E-state index in [1.54, 1.807) is 25.3 Å². The smallest absolute Gasteiger partial charge is 0.139 e. The average molecular weight is 286 g/mol. The first-order chi connectivity index (χ1) is 7.59. The molecule has 0 saturated heterocycles. The molecule has 84 valence electrons. The molecule has 6 heteroatoms. The monoisotopic (exact) mass is 285 g/mol. The zero-order chi connectivity index (χ0) is 11.7. The van der Waals surface area contributed by atoms with E-state index in [0.29, 0.717) is 15.9 Å². The van der Waals surface area contributed by atoms with Gasteiger partial charge in [-0.3, -0.25) is 0 Å². The highest BCUT2D eigenvalue weighted by atomic mass is 79.9. The number of aromatic nitrogens is 3. The molecule has 0 amide bonds. The van der Waals surface area contributed by atoms with Crippen LogP contribution in [0.1, 0.15) is 18.7 Å². The highest BCUT2D eigenvalue weighted by Crippen LogP contribution is 2.23. The highest BCUT2D eigenvalue weighted by Gasteiger charge is 2.11. The summed E-state index contributed by atoms with van der Waals surface area (Å²) in [5.74, 6) is -0.369. The molecule has 0 saturated carbocycles. The second-order valence-electron chi connectivity index (χ2n) is 3.34. The fourth-order valence-corrected chi connectivity index (χ4v) is 1.70. The van der Waals surface area contributed by atoms with Gasteiger partial charge >= 0.3 is 0 Å². The molecule has 2 rings (SSSR count). The summed E-state index contributed by atoms with van der Waals surface area (Å²) in [6.07, 6.45) is 0.866. The van der Waals surface area contributed by atoms with Gasteiger partial charge < -0.3 is 5.11 Å². The number of halogens is 2. The minimum absolute atomic E-state index is 0.317. The summed E-state index contributed by atoms with van der Waals surface area (Å²) < 4.78 is 15.0. The highest BCUT2D eigenvalue weighted by molar-refractivity contribution is 9.10. The molecule has 1 aromatic carbocycles. The normalized spacial score (nSPS) is 12.8. The van der Waals surface area contributed by atoms with Gasteiger partial charge in [-0.25, -0.2) is 9.07 Å². The van der Waals surface area contributed by atoms with Crippen molar-refractivity contribution in [3.05, 3.63) is 40.4 Å². The average Bonchev–Trinajstić information content (AvgIpc) is 2.71. The number of nitrogens with zero attached hydrogens (tertiary/aromatic N) is 3. The van der Waals surface area contributed by atoms with E-state index in [2.05, 4.69) is 26.2 Å².